The molecule has 1 aromatic heterocycles. The molecule has 0 bridgehead atoms. The molecule has 1 aromatic carbocycles. The van der Waals surface area contributed by atoms with Crippen LogP contribution in [0.1, 0.15) is 22.7 Å². The standard InChI is InChI=1S/C14H12F4N2O/c1-21-10-4-8(6-20-7-10)13(19)11-5-9(14(16,17)18)2-3-12(11)15/h2-7,13H,19H2,1H3. The van der Waals surface area contributed by atoms with Crippen molar-refractivity contribution in [3.63, 3.8) is 0 Å². The van der Waals surface area contributed by atoms with Crippen molar-refractivity contribution in [3.8, 4) is 5.75 Å². The van der Waals surface area contributed by atoms with Crippen LogP contribution in [-0.2, 0) is 6.18 Å². The van der Waals surface area contributed by atoms with Gasteiger partial charge in [0.2, 0.25) is 0 Å². The molecule has 0 fully saturated rings. The van der Waals surface area contributed by atoms with Gasteiger partial charge in [-0.2, -0.15) is 13.2 Å². The number of hydrogen-bond donors (Lipinski definition) is 1. The molecule has 0 aliphatic carbocycles. The van der Waals surface area contributed by atoms with E-state index in [1.54, 1.807) is 0 Å². The summed E-state index contributed by atoms with van der Waals surface area (Å²) in [5.74, 6) is -0.423. The maximum Gasteiger partial charge on any atom is 0.416 e. The van der Waals surface area contributed by atoms with Gasteiger partial charge in [-0.1, -0.05) is 0 Å². The Balaban J connectivity index is 2.44. The topological polar surface area (TPSA) is 48.1 Å². The maximum absolute atomic E-state index is 13.8. The van der Waals surface area contributed by atoms with Gasteiger partial charge < -0.3 is 10.5 Å². The number of ether oxygens (including phenoxy) is 1. The van der Waals surface area contributed by atoms with Gasteiger partial charge in [-0.15, -0.1) is 0 Å². The molecule has 0 radical (unpaired) electrons. The molecule has 0 aliphatic rings. The van der Waals surface area contributed by atoms with Gasteiger partial charge in [0.25, 0.3) is 0 Å². The molecule has 7 heteroatoms. The summed E-state index contributed by atoms with van der Waals surface area (Å²) in [6.07, 6.45) is -1.79. The van der Waals surface area contributed by atoms with Crippen LogP contribution in [0.4, 0.5) is 17.6 Å². The molecule has 0 saturated carbocycles. The number of aromatic nitrogens is 1. The van der Waals surface area contributed by atoms with E-state index in [-0.39, 0.29) is 5.56 Å². The van der Waals surface area contributed by atoms with Gasteiger partial charge in [0.15, 0.2) is 0 Å². The van der Waals surface area contributed by atoms with Gasteiger partial charge in [-0.05, 0) is 29.8 Å². The number of pyridine rings is 1. The monoisotopic (exact) mass is 300 g/mol. The lowest BCUT2D eigenvalue weighted by Crippen LogP contribution is -2.16. The average Bonchev–Trinajstić information content (AvgIpc) is 2.46. The van der Waals surface area contributed by atoms with E-state index in [2.05, 4.69) is 4.98 Å². The van der Waals surface area contributed by atoms with E-state index < -0.39 is 23.6 Å². The van der Waals surface area contributed by atoms with Crippen LogP contribution < -0.4 is 10.5 Å². The third-order valence-corrected chi connectivity index (χ3v) is 2.99. The Morgan fingerprint density at radius 2 is 1.90 bits per heavy atom. The van der Waals surface area contributed by atoms with E-state index in [1.807, 2.05) is 0 Å². The second-order valence-electron chi connectivity index (χ2n) is 4.37. The highest BCUT2D eigenvalue weighted by atomic mass is 19.4. The van der Waals surface area contributed by atoms with Gasteiger partial charge in [0.05, 0.1) is 24.9 Å². The third kappa shape index (κ3) is 3.30. The summed E-state index contributed by atoms with van der Waals surface area (Å²) < 4.78 is 56.8. The molecule has 2 N–H and O–H groups in total. The first kappa shape index (κ1) is 15.2. The molecule has 0 aliphatic heterocycles. The average molecular weight is 300 g/mol. The van der Waals surface area contributed by atoms with E-state index >= 15 is 0 Å². The van der Waals surface area contributed by atoms with Crippen molar-refractivity contribution >= 4 is 0 Å². The van der Waals surface area contributed by atoms with Crippen molar-refractivity contribution in [1.29, 1.82) is 0 Å². The van der Waals surface area contributed by atoms with Gasteiger partial charge in [0, 0.05) is 11.8 Å². The summed E-state index contributed by atoms with van der Waals surface area (Å²) in [6, 6.07) is 2.56. The Bertz CT molecular complexity index is 643. The highest BCUT2D eigenvalue weighted by molar-refractivity contribution is 5.37. The zero-order valence-corrected chi connectivity index (χ0v) is 11.0. The number of benzene rings is 1. The third-order valence-electron chi connectivity index (χ3n) is 2.99. The zero-order valence-electron chi connectivity index (χ0n) is 11.0. The fourth-order valence-corrected chi connectivity index (χ4v) is 1.86. The van der Waals surface area contributed by atoms with Crippen molar-refractivity contribution in [2.24, 2.45) is 5.73 Å². The number of halogens is 4. The molecule has 1 atom stereocenters. The summed E-state index contributed by atoms with van der Waals surface area (Å²) in [5, 5.41) is 0. The summed E-state index contributed by atoms with van der Waals surface area (Å²) in [5.41, 5.74) is 5.00. The second kappa shape index (κ2) is 5.69. The SMILES string of the molecule is COc1cncc(C(N)c2cc(C(F)(F)F)ccc2F)c1. The van der Waals surface area contributed by atoms with E-state index in [0.29, 0.717) is 23.4 Å². The molecule has 1 unspecified atom stereocenters. The molecule has 2 aromatic rings. The van der Waals surface area contributed by atoms with E-state index in [4.69, 9.17) is 10.5 Å². The molecule has 0 amide bonds. The van der Waals surface area contributed by atoms with Crippen LogP contribution in [0.25, 0.3) is 0 Å². The van der Waals surface area contributed by atoms with Crippen molar-refractivity contribution in [2.45, 2.75) is 12.2 Å². The van der Waals surface area contributed by atoms with Crippen molar-refractivity contribution in [3.05, 3.63) is 59.2 Å². The summed E-state index contributed by atoms with van der Waals surface area (Å²) in [4.78, 5) is 3.85. The van der Waals surface area contributed by atoms with Crippen molar-refractivity contribution < 1.29 is 22.3 Å². The van der Waals surface area contributed by atoms with E-state index in [1.165, 1.54) is 25.6 Å². The van der Waals surface area contributed by atoms with Crippen LogP contribution in [0.15, 0.2) is 36.7 Å². The summed E-state index contributed by atoms with van der Waals surface area (Å²) in [7, 11) is 1.41. The van der Waals surface area contributed by atoms with Gasteiger partial charge in [-0.25, -0.2) is 4.39 Å². The molecular weight excluding hydrogens is 288 g/mol. The van der Waals surface area contributed by atoms with Crippen molar-refractivity contribution in [1.82, 2.24) is 4.98 Å². The lowest BCUT2D eigenvalue weighted by Gasteiger charge is -2.16. The van der Waals surface area contributed by atoms with E-state index in [0.717, 1.165) is 6.07 Å². The van der Waals surface area contributed by atoms with Crippen LogP contribution in [0.3, 0.4) is 0 Å². The Hall–Kier alpha value is -2.15. The largest absolute Gasteiger partial charge is 0.495 e. The van der Waals surface area contributed by atoms with Crippen LogP contribution in [-0.4, -0.2) is 12.1 Å². The predicted molar refractivity (Wildman–Crippen MR) is 68.2 cm³/mol. The van der Waals surface area contributed by atoms with E-state index in [9.17, 15) is 17.6 Å². The minimum absolute atomic E-state index is 0.250. The van der Waals surface area contributed by atoms with Gasteiger partial charge in [0.1, 0.15) is 11.6 Å². The molecule has 2 rings (SSSR count). The number of rotatable bonds is 3. The first-order chi connectivity index (χ1) is 9.82. The quantitative estimate of drug-likeness (QED) is 0.885. The predicted octanol–water partition coefficient (Wildman–Crippen LogP) is 3.30. The van der Waals surface area contributed by atoms with Crippen LogP contribution >= 0.6 is 0 Å². The van der Waals surface area contributed by atoms with Crippen LogP contribution in [0.2, 0.25) is 0 Å². The smallest absolute Gasteiger partial charge is 0.416 e. The van der Waals surface area contributed by atoms with Gasteiger partial charge >= 0.3 is 6.18 Å². The van der Waals surface area contributed by atoms with Crippen molar-refractivity contribution in [2.75, 3.05) is 7.11 Å². The number of nitrogens with zero attached hydrogens (tertiary/aromatic N) is 1. The first-order valence-electron chi connectivity index (χ1n) is 5.94. The molecular formula is C14H12F4N2O. The summed E-state index contributed by atoms with van der Waals surface area (Å²) in [6.45, 7) is 0. The molecule has 112 valence electrons. The highest BCUT2D eigenvalue weighted by Crippen LogP contribution is 2.33. The highest BCUT2D eigenvalue weighted by Gasteiger charge is 2.31. The lowest BCUT2D eigenvalue weighted by molar-refractivity contribution is -0.137. The normalized spacial score (nSPS) is 13.0. The fraction of sp³-hybridized carbons (Fsp3) is 0.214. The number of hydrogen-bond acceptors (Lipinski definition) is 3. The second-order valence-corrected chi connectivity index (χ2v) is 4.37. The minimum atomic E-state index is -4.56. The fourth-order valence-electron chi connectivity index (χ4n) is 1.86. The van der Waals surface area contributed by atoms with Crippen LogP contribution in [0.5, 0.6) is 5.75 Å². The maximum atomic E-state index is 13.8. The summed E-state index contributed by atoms with van der Waals surface area (Å²) >= 11 is 0. The first-order valence-corrected chi connectivity index (χ1v) is 5.94. The minimum Gasteiger partial charge on any atom is -0.495 e. The zero-order chi connectivity index (χ0) is 15.6. The molecule has 3 nitrogen and oxygen atoms in total. The Labute approximate surface area is 118 Å². The molecule has 0 saturated heterocycles. The molecule has 21 heavy (non-hydrogen) atoms. The Kier molecular flexibility index (Phi) is 4.13. The molecule has 0 spiro atoms. The lowest BCUT2D eigenvalue weighted by atomic mass is 9.98. The van der Waals surface area contributed by atoms with Crippen LogP contribution in [0, 0.1) is 5.82 Å². The number of methoxy groups -OCH3 is 1. The number of nitrogens with two attached hydrogens (primary N) is 1. The number of alkyl halides is 3. The van der Waals surface area contributed by atoms with Gasteiger partial charge in [-0.3, -0.25) is 4.98 Å². The Morgan fingerprint density at radius 1 is 1.19 bits per heavy atom. The molecule has 1 heterocycles. The Morgan fingerprint density at radius 3 is 2.52 bits per heavy atom.